The summed E-state index contributed by atoms with van der Waals surface area (Å²) in [7, 11) is -3.54. The molecule has 7 nitrogen and oxygen atoms in total. The average molecular weight is 354 g/mol. The maximum absolute atomic E-state index is 12.9. The standard InChI is InChI=1S/C16H22N2O5S/c19-16(23-14-11-22-12-14)17-10-13-6-2-3-7-15(13)24(20,21)18-8-4-1-5-9-18/h2-3,6-7,14H,1,4-5,8-12H2,(H,17,19). The second-order valence-electron chi connectivity index (χ2n) is 5.99. The SMILES string of the molecule is O=C(NCc1ccccc1S(=O)(=O)N1CCCCC1)OC1COC1. The lowest BCUT2D eigenvalue weighted by Gasteiger charge is -2.27. The Morgan fingerprint density at radius 2 is 1.92 bits per heavy atom. The summed E-state index contributed by atoms with van der Waals surface area (Å²) in [6.07, 6.45) is 2.06. The third kappa shape index (κ3) is 3.88. The third-order valence-corrected chi connectivity index (χ3v) is 6.21. The molecule has 2 heterocycles. The summed E-state index contributed by atoms with van der Waals surface area (Å²) in [6, 6.07) is 6.76. The molecule has 0 bridgehead atoms. The predicted octanol–water partition coefficient (Wildman–Crippen LogP) is 1.49. The van der Waals surface area contributed by atoms with E-state index in [4.69, 9.17) is 9.47 Å². The Morgan fingerprint density at radius 3 is 2.58 bits per heavy atom. The zero-order chi connectivity index (χ0) is 17.0. The lowest BCUT2D eigenvalue weighted by molar-refractivity contribution is -0.0980. The number of hydrogen-bond acceptors (Lipinski definition) is 5. The summed E-state index contributed by atoms with van der Waals surface area (Å²) in [5, 5.41) is 2.61. The van der Waals surface area contributed by atoms with E-state index < -0.39 is 16.1 Å². The van der Waals surface area contributed by atoms with Gasteiger partial charge in [-0.3, -0.25) is 0 Å². The topological polar surface area (TPSA) is 84.9 Å². The zero-order valence-electron chi connectivity index (χ0n) is 13.4. The van der Waals surface area contributed by atoms with Crippen molar-refractivity contribution in [2.24, 2.45) is 0 Å². The number of hydrogen-bond donors (Lipinski definition) is 1. The van der Waals surface area contributed by atoms with Gasteiger partial charge in [0.1, 0.15) is 0 Å². The highest BCUT2D eigenvalue weighted by Gasteiger charge is 2.28. The summed E-state index contributed by atoms with van der Waals surface area (Å²) in [5.74, 6) is 0. The molecule has 2 aliphatic rings. The van der Waals surface area contributed by atoms with Crippen LogP contribution in [-0.4, -0.2) is 51.2 Å². The highest BCUT2D eigenvalue weighted by molar-refractivity contribution is 7.89. The van der Waals surface area contributed by atoms with E-state index in [1.165, 1.54) is 4.31 Å². The van der Waals surface area contributed by atoms with E-state index in [0.29, 0.717) is 31.9 Å². The predicted molar refractivity (Wildman–Crippen MR) is 87.0 cm³/mol. The minimum absolute atomic E-state index is 0.107. The van der Waals surface area contributed by atoms with E-state index in [0.717, 1.165) is 19.3 Å². The number of ether oxygens (including phenoxy) is 2. The minimum atomic E-state index is -3.54. The number of nitrogens with one attached hydrogen (secondary N) is 1. The van der Waals surface area contributed by atoms with E-state index >= 15 is 0 Å². The van der Waals surface area contributed by atoms with E-state index in [-0.39, 0.29) is 17.5 Å². The smallest absolute Gasteiger partial charge is 0.407 e. The van der Waals surface area contributed by atoms with Gasteiger partial charge < -0.3 is 14.8 Å². The molecule has 1 N–H and O–H groups in total. The van der Waals surface area contributed by atoms with Crippen molar-refractivity contribution in [1.82, 2.24) is 9.62 Å². The molecule has 0 unspecified atom stereocenters. The first-order valence-electron chi connectivity index (χ1n) is 8.17. The van der Waals surface area contributed by atoms with Crippen molar-refractivity contribution >= 4 is 16.1 Å². The molecule has 3 rings (SSSR count). The van der Waals surface area contributed by atoms with Gasteiger partial charge in [0, 0.05) is 19.6 Å². The summed E-state index contributed by atoms with van der Waals surface area (Å²) in [6.45, 7) is 2.03. The number of carbonyl (C=O) groups excluding carboxylic acids is 1. The van der Waals surface area contributed by atoms with Gasteiger partial charge in [-0.15, -0.1) is 0 Å². The van der Waals surface area contributed by atoms with Gasteiger partial charge in [-0.25, -0.2) is 13.2 Å². The molecule has 1 aromatic rings. The van der Waals surface area contributed by atoms with Gasteiger partial charge in [0.2, 0.25) is 10.0 Å². The average Bonchev–Trinajstić information content (AvgIpc) is 2.57. The van der Waals surface area contributed by atoms with Crippen LogP contribution in [0.15, 0.2) is 29.2 Å². The second kappa shape index (κ2) is 7.50. The van der Waals surface area contributed by atoms with Crippen molar-refractivity contribution in [2.75, 3.05) is 26.3 Å². The molecule has 1 aromatic carbocycles. The Labute approximate surface area is 142 Å². The Kier molecular flexibility index (Phi) is 5.37. The fourth-order valence-electron chi connectivity index (χ4n) is 2.79. The number of amides is 1. The largest absolute Gasteiger partial charge is 0.441 e. The van der Waals surface area contributed by atoms with Gasteiger partial charge in [-0.2, -0.15) is 4.31 Å². The first kappa shape index (κ1) is 17.2. The van der Waals surface area contributed by atoms with Gasteiger partial charge in [-0.1, -0.05) is 24.6 Å². The van der Waals surface area contributed by atoms with E-state index in [1.807, 2.05) is 0 Å². The molecule has 8 heteroatoms. The molecule has 0 aliphatic carbocycles. The van der Waals surface area contributed by atoms with Crippen LogP contribution in [0.5, 0.6) is 0 Å². The molecular weight excluding hydrogens is 332 g/mol. The Hall–Kier alpha value is -1.64. The minimum Gasteiger partial charge on any atom is -0.441 e. The number of carbonyl (C=O) groups is 1. The molecule has 2 fully saturated rings. The van der Waals surface area contributed by atoms with Crippen LogP contribution in [0.1, 0.15) is 24.8 Å². The number of rotatable bonds is 5. The normalized spacial score (nSPS) is 19.5. The van der Waals surface area contributed by atoms with Gasteiger partial charge >= 0.3 is 6.09 Å². The summed E-state index contributed by atoms with van der Waals surface area (Å²) in [5.41, 5.74) is 0.560. The highest BCUT2D eigenvalue weighted by Crippen LogP contribution is 2.23. The molecule has 0 aromatic heterocycles. The molecule has 2 saturated heterocycles. The third-order valence-electron chi connectivity index (χ3n) is 4.21. The molecular formula is C16H22N2O5S. The van der Waals surface area contributed by atoms with Crippen LogP contribution in [0.3, 0.4) is 0 Å². The van der Waals surface area contributed by atoms with Crippen LogP contribution in [0.2, 0.25) is 0 Å². The van der Waals surface area contributed by atoms with Crippen LogP contribution in [-0.2, 0) is 26.0 Å². The van der Waals surface area contributed by atoms with E-state index in [9.17, 15) is 13.2 Å². The van der Waals surface area contributed by atoms with Gasteiger partial charge in [0.15, 0.2) is 6.10 Å². The molecule has 0 atom stereocenters. The van der Waals surface area contributed by atoms with Gasteiger partial charge in [-0.05, 0) is 24.5 Å². The van der Waals surface area contributed by atoms with Crippen LogP contribution < -0.4 is 5.32 Å². The number of nitrogens with zero attached hydrogens (tertiary/aromatic N) is 1. The molecule has 0 radical (unpaired) electrons. The lowest BCUT2D eigenvalue weighted by atomic mass is 10.2. The molecule has 1 amide bonds. The highest BCUT2D eigenvalue weighted by atomic mass is 32.2. The number of sulfonamides is 1. The maximum atomic E-state index is 12.9. The van der Waals surface area contributed by atoms with E-state index in [1.54, 1.807) is 24.3 Å². The fourth-order valence-corrected chi connectivity index (χ4v) is 4.53. The lowest BCUT2D eigenvalue weighted by Crippen LogP contribution is -2.41. The van der Waals surface area contributed by atoms with Crippen molar-refractivity contribution in [3.8, 4) is 0 Å². The number of alkyl carbamates (subject to hydrolysis) is 1. The van der Waals surface area contributed by atoms with Crippen LogP contribution >= 0.6 is 0 Å². The monoisotopic (exact) mass is 354 g/mol. The first-order valence-corrected chi connectivity index (χ1v) is 9.61. The van der Waals surface area contributed by atoms with Gasteiger partial charge in [0.05, 0.1) is 18.1 Å². The summed E-state index contributed by atoms with van der Waals surface area (Å²) < 4.78 is 37.3. The number of piperidine rings is 1. The summed E-state index contributed by atoms with van der Waals surface area (Å²) in [4.78, 5) is 12.0. The number of benzene rings is 1. The quantitative estimate of drug-likeness (QED) is 0.866. The summed E-state index contributed by atoms with van der Waals surface area (Å²) >= 11 is 0. The van der Waals surface area contributed by atoms with E-state index in [2.05, 4.69) is 5.32 Å². The van der Waals surface area contributed by atoms with Crippen molar-refractivity contribution in [3.63, 3.8) is 0 Å². The molecule has 0 saturated carbocycles. The zero-order valence-corrected chi connectivity index (χ0v) is 14.3. The van der Waals surface area contributed by atoms with Crippen molar-refractivity contribution < 1.29 is 22.7 Å². The van der Waals surface area contributed by atoms with Crippen molar-refractivity contribution in [1.29, 1.82) is 0 Å². The Balaban J connectivity index is 1.68. The molecule has 24 heavy (non-hydrogen) atoms. The first-order chi connectivity index (χ1) is 11.6. The molecule has 132 valence electrons. The van der Waals surface area contributed by atoms with Crippen LogP contribution in [0.4, 0.5) is 4.79 Å². The van der Waals surface area contributed by atoms with Crippen molar-refractivity contribution in [3.05, 3.63) is 29.8 Å². The van der Waals surface area contributed by atoms with Crippen LogP contribution in [0, 0.1) is 0 Å². The van der Waals surface area contributed by atoms with Crippen molar-refractivity contribution in [2.45, 2.75) is 36.8 Å². The maximum Gasteiger partial charge on any atom is 0.407 e. The second-order valence-corrected chi connectivity index (χ2v) is 7.90. The molecule has 0 spiro atoms. The molecule has 2 aliphatic heterocycles. The Morgan fingerprint density at radius 1 is 1.21 bits per heavy atom. The van der Waals surface area contributed by atoms with Gasteiger partial charge in [0.25, 0.3) is 0 Å². The van der Waals surface area contributed by atoms with Crippen LogP contribution in [0.25, 0.3) is 0 Å². The Bertz CT molecular complexity index is 681. The fraction of sp³-hybridized carbons (Fsp3) is 0.562.